The molecular weight excluding hydrogens is 378 g/mol. The summed E-state index contributed by atoms with van der Waals surface area (Å²) in [5.41, 5.74) is 4.54. The van der Waals surface area contributed by atoms with Gasteiger partial charge >= 0.3 is 0 Å². The van der Waals surface area contributed by atoms with Crippen LogP contribution in [0.2, 0.25) is 0 Å². The van der Waals surface area contributed by atoms with Crippen LogP contribution in [0.1, 0.15) is 59.9 Å². The van der Waals surface area contributed by atoms with Gasteiger partial charge in [-0.3, -0.25) is 4.79 Å². The van der Waals surface area contributed by atoms with E-state index in [0.717, 1.165) is 47.3 Å². The van der Waals surface area contributed by atoms with Gasteiger partial charge < -0.3 is 9.32 Å². The highest BCUT2D eigenvalue weighted by Gasteiger charge is 2.28. The first-order chi connectivity index (χ1) is 14.6. The lowest BCUT2D eigenvalue weighted by Crippen LogP contribution is -2.39. The van der Waals surface area contributed by atoms with Crippen LogP contribution >= 0.6 is 0 Å². The number of benzene rings is 1. The van der Waals surface area contributed by atoms with Gasteiger partial charge in [0.25, 0.3) is 11.7 Å². The van der Waals surface area contributed by atoms with Gasteiger partial charge in [0.1, 0.15) is 11.9 Å². The fourth-order valence-electron chi connectivity index (χ4n) is 4.12. The fraction of sp³-hybridized carbons (Fsp3) is 0.391. The number of aryl methyl sites for hydroxylation is 2. The highest BCUT2D eigenvalue weighted by atomic mass is 16.3. The maximum atomic E-state index is 13.2. The Labute approximate surface area is 175 Å². The van der Waals surface area contributed by atoms with Crippen LogP contribution in [-0.4, -0.2) is 43.5 Å². The van der Waals surface area contributed by atoms with Crippen LogP contribution in [-0.2, 0) is 0 Å². The van der Waals surface area contributed by atoms with E-state index in [9.17, 15) is 4.79 Å². The number of nitrogens with zero attached hydrogens (tertiary/aromatic N) is 5. The van der Waals surface area contributed by atoms with Crippen molar-refractivity contribution in [3.8, 4) is 0 Å². The molecule has 1 saturated heterocycles. The van der Waals surface area contributed by atoms with Crippen molar-refractivity contribution in [1.29, 1.82) is 0 Å². The Hall–Kier alpha value is -3.22. The minimum atomic E-state index is 0.0628. The van der Waals surface area contributed by atoms with E-state index < -0.39 is 0 Å². The minimum Gasteiger partial charge on any atom is -0.464 e. The van der Waals surface area contributed by atoms with E-state index in [-0.39, 0.29) is 11.8 Å². The lowest BCUT2D eigenvalue weighted by Gasteiger charge is -2.33. The van der Waals surface area contributed by atoms with Crippen LogP contribution < -0.4 is 0 Å². The summed E-state index contributed by atoms with van der Waals surface area (Å²) in [6.07, 6.45) is 5.23. The van der Waals surface area contributed by atoms with E-state index in [1.165, 1.54) is 6.33 Å². The number of amides is 1. The third-order valence-electron chi connectivity index (χ3n) is 5.55. The van der Waals surface area contributed by atoms with Gasteiger partial charge in [0, 0.05) is 35.7 Å². The van der Waals surface area contributed by atoms with Crippen LogP contribution in [0.15, 0.2) is 41.3 Å². The van der Waals surface area contributed by atoms with Crippen molar-refractivity contribution in [2.75, 3.05) is 13.1 Å². The average molecular weight is 406 g/mol. The Morgan fingerprint density at radius 2 is 2.03 bits per heavy atom. The van der Waals surface area contributed by atoms with Gasteiger partial charge in [0.2, 0.25) is 0 Å². The Balaban J connectivity index is 0.00000106. The number of furan rings is 1. The van der Waals surface area contributed by atoms with Crippen LogP contribution in [0.5, 0.6) is 0 Å². The molecule has 7 heteroatoms. The van der Waals surface area contributed by atoms with Crippen molar-refractivity contribution in [1.82, 2.24) is 24.5 Å². The zero-order valence-corrected chi connectivity index (χ0v) is 17.9. The van der Waals surface area contributed by atoms with Crippen molar-refractivity contribution in [2.45, 2.75) is 46.5 Å². The molecule has 1 aliphatic rings. The van der Waals surface area contributed by atoms with Gasteiger partial charge in [-0.05, 0) is 56.5 Å². The molecule has 1 aliphatic heterocycles. The Bertz CT molecular complexity index is 1190. The first-order valence-electron chi connectivity index (χ1n) is 10.5. The molecule has 156 valence electrons. The van der Waals surface area contributed by atoms with Gasteiger partial charge in [-0.15, -0.1) is 0 Å². The summed E-state index contributed by atoms with van der Waals surface area (Å²) in [7, 11) is 0. The summed E-state index contributed by atoms with van der Waals surface area (Å²) in [5.74, 6) is 0.884. The topological polar surface area (TPSA) is 76.5 Å². The molecular formula is C23H27N5O2. The zero-order chi connectivity index (χ0) is 21.3. The normalized spacial score (nSPS) is 16.5. The van der Waals surface area contributed by atoms with Gasteiger partial charge in [-0.1, -0.05) is 13.8 Å². The molecule has 3 aromatic heterocycles. The molecule has 30 heavy (non-hydrogen) atoms. The summed E-state index contributed by atoms with van der Waals surface area (Å²) in [6, 6.07) is 7.72. The molecule has 0 bridgehead atoms. The first-order valence-corrected chi connectivity index (χ1v) is 10.5. The van der Waals surface area contributed by atoms with Crippen molar-refractivity contribution in [2.24, 2.45) is 0 Å². The fourth-order valence-corrected chi connectivity index (χ4v) is 4.12. The summed E-state index contributed by atoms with van der Waals surface area (Å²) in [6.45, 7) is 9.39. The lowest BCUT2D eigenvalue weighted by molar-refractivity contribution is 0.0705. The van der Waals surface area contributed by atoms with Crippen LogP contribution in [0.3, 0.4) is 0 Å². The van der Waals surface area contributed by atoms with Crippen molar-refractivity contribution in [3.63, 3.8) is 0 Å². The number of rotatable bonds is 2. The second-order valence-corrected chi connectivity index (χ2v) is 7.51. The highest BCUT2D eigenvalue weighted by Crippen LogP contribution is 2.29. The molecule has 0 saturated carbocycles. The predicted octanol–water partition coefficient (Wildman–Crippen LogP) is 4.53. The summed E-state index contributed by atoms with van der Waals surface area (Å²) < 4.78 is 7.30. The molecule has 5 rings (SSSR count). The Kier molecular flexibility index (Phi) is 5.53. The van der Waals surface area contributed by atoms with E-state index in [1.54, 1.807) is 10.8 Å². The maximum absolute atomic E-state index is 13.2. The zero-order valence-electron chi connectivity index (χ0n) is 17.9. The van der Waals surface area contributed by atoms with Crippen molar-refractivity contribution in [3.05, 3.63) is 59.4 Å². The first kappa shape index (κ1) is 20.1. The molecule has 0 N–H and O–H groups in total. The van der Waals surface area contributed by atoms with Gasteiger partial charge in [-0.2, -0.15) is 10.1 Å². The van der Waals surface area contributed by atoms with E-state index in [1.807, 2.05) is 50.8 Å². The van der Waals surface area contributed by atoms with Gasteiger partial charge in [0.15, 0.2) is 0 Å². The second kappa shape index (κ2) is 8.26. The van der Waals surface area contributed by atoms with E-state index in [0.29, 0.717) is 17.9 Å². The van der Waals surface area contributed by atoms with E-state index in [4.69, 9.17) is 4.42 Å². The van der Waals surface area contributed by atoms with E-state index in [2.05, 4.69) is 21.1 Å². The molecule has 1 aromatic carbocycles. The third kappa shape index (κ3) is 3.56. The third-order valence-corrected chi connectivity index (χ3v) is 5.55. The summed E-state index contributed by atoms with van der Waals surface area (Å²) >= 11 is 0. The van der Waals surface area contributed by atoms with Crippen LogP contribution in [0.25, 0.3) is 16.7 Å². The van der Waals surface area contributed by atoms with E-state index >= 15 is 0 Å². The molecule has 1 fully saturated rings. The molecule has 4 heterocycles. The average Bonchev–Trinajstić information content (AvgIpc) is 3.40. The number of carbonyl (C=O) groups excluding carboxylic acids is 1. The number of fused-ring (bicyclic) bond motifs is 2. The number of hydrogen-bond acceptors (Lipinski definition) is 5. The number of piperidine rings is 1. The molecule has 1 atom stereocenters. The summed E-state index contributed by atoms with van der Waals surface area (Å²) in [5, 5.41) is 5.32. The van der Waals surface area contributed by atoms with Crippen molar-refractivity contribution >= 4 is 22.7 Å². The summed E-state index contributed by atoms with van der Waals surface area (Å²) in [4.78, 5) is 23.8. The van der Waals surface area contributed by atoms with Gasteiger partial charge in [0.05, 0.1) is 12.0 Å². The minimum absolute atomic E-state index is 0.0628. The number of likely N-dealkylation sites (tertiary alicyclic amines) is 1. The SMILES string of the molecule is CC.Cc1cc([C@H]2CCCN(C(=O)c3ccc4occ(C)c4c3)C2)n2ncnc2n1. The predicted molar refractivity (Wildman–Crippen MR) is 116 cm³/mol. The van der Waals surface area contributed by atoms with Crippen molar-refractivity contribution < 1.29 is 9.21 Å². The number of aromatic nitrogens is 4. The lowest BCUT2D eigenvalue weighted by atomic mass is 9.93. The quantitative estimate of drug-likeness (QED) is 0.490. The van der Waals surface area contributed by atoms with Crippen LogP contribution in [0, 0.1) is 13.8 Å². The number of carbonyl (C=O) groups is 1. The standard InChI is InChI=1S/C21H21N5O2.C2H6/c1-13-11-28-19-6-5-15(9-17(13)19)20(27)25-7-3-4-16(10-25)18-8-14(2)24-21-22-12-23-26(18)21;1-2/h5-6,8-9,11-12,16H,3-4,7,10H2,1-2H3;1-2H3/t16-;/m0./s1. The molecule has 0 radical (unpaired) electrons. The Morgan fingerprint density at radius 3 is 2.87 bits per heavy atom. The number of hydrogen-bond donors (Lipinski definition) is 0. The molecule has 0 spiro atoms. The largest absolute Gasteiger partial charge is 0.464 e. The second-order valence-electron chi connectivity index (χ2n) is 7.51. The highest BCUT2D eigenvalue weighted by molar-refractivity contribution is 5.98. The molecule has 0 unspecified atom stereocenters. The molecule has 7 nitrogen and oxygen atoms in total. The molecule has 1 amide bonds. The Morgan fingerprint density at radius 1 is 1.20 bits per heavy atom. The molecule has 4 aromatic rings. The maximum Gasteiger partial charge on any atom is 0.253 e. The monoisotopic (exact) mass is 405 g/mol. The smallest absolute Gasteiger partial charge is 0.253 e. The van der Waals surface area contributed by atoms with Crippen LogP contribution in [0.4, 0.5) is 0 Å². The molecule has 0 aliphatic carbocycles. The van der Waals surface area contributed by atoms with Gasteiger partial charge in [-0.25, -0.2) is 9.50 Å².